The van der Waals surface area contributed by atoms with E-state index in [0.29, 0.717) is 63.6 Å². The second-order valence-corrected chi connectivity index (χ2v) is 30.6. The molecule has 0 amide bonds. The number of hydrogen-bond donors (Lipinski definition) is 6. The number of aromatic nitrogens is 12. The number of fused-ring (bicyclic) bond motifs is 6. The summed E-state index contributed by atoms with van der Waals surface area (Å²) in [5.74, 6) is 0.648. The Bertz CT molecular complexity index is 5480. The fourth-order valence-corrected chi connectivity index (χ4v) is 17.7. The minimum atomic E-state index is -0.242. The number of morpholine rings is 2. The number of hydrogen-bond acceptors (Lipinski definition) is 20. The molecule has 0 bridgehead atoms. The van der Waals surface area contributed by atoms with Gasteiger partial charge in [0, 0.05) is 166 Å². The smallest absolute Gasteiger partial charge is 0.263 e. The van der Waals surface area contributed by atoms with Crippen LogP contribution < -0.4 is 48.6 Å². The number of nitrogens with one attached hydrogen (secondary N) is 6. The predicted octanol–water partition coefficient (Wildman–Crippen LogP) is 13.1. The van der Waals surface area contributed by atoms with E-state index in [1.807, 2.05) is 39.0 Å². The van der Waals surface area contributed by atoms with Gasteiger partial charge in [-0.1, -0.05) is 38.5 Å². The molecule has 6 N–H and O–H groups in total. The number of Topliss-reactive ketones (excluding diaryl/α,β-unsaturated/α-hetero) is 3. The highest BCUT2D eigenvalue weighted by molar-refractivity contribution is 6.01. The molecular formula is C84H96N18O8. The minimum absolute atomic E-state index is 0.0518. The summed E-state index contributed by atoms with van der Waals surface area (Å²) >= 11 is 0. The van der Waals surface area contributed by atoms with E-state index >= 15 is 0 Å². The number of ether oxygens (including phenoxy) is 2. The zero-order chi connectivity index (χ0) is 75.8. The van der Waals surface area contributed by atoms with E-state index in [9.17, 15) is 28.8 Å². The van der Waals surface area contributed by atoms with Crippen LogP contribution in [0.25, 0.3) is 65.8 Å². The molecule has 3 saturated heterocycles. The van der Waals surface area contributed by atoms with Crippen LogP contribution in [0.2, 0.25) is 0 Å². The highest BCUT2D eigenvalue weighted by atomic mass is 16.5. The lowest BCUT2D eigenvalue weighted by atomic mass is 10.0. The van der Waals surface area contributed by atoms with Gasteiger partial charge < -0.3 is 55.1 Å². The van der Waals surface area contributed by atoms with Crippen molar-refractivity contribution in [3.05, 3.63) is 174 Å². The molecule has 9 aromatic heterocycles. The summed E-state index contributed by atoms with van der Waals surface area (Å²) < 4.78 is 23.5. The van der Waals surface area contributed by atoms with Gasteiger partial charge >= 0.3 is 0 Å². The van der Waals surface area contributed by atoms with Crippen molar-refractivity contribution in [3.63, 3.8) is 0 Å². The van der Waals surface area contributed by atoms with Gasteiger partial charge in [0.2, 0.25) is 17.8 Å². The Kier molecular flexibility index (Phi) is 21.2. The molecule has 3 unspecified atom stereocenters. The van der Waals surface area contributed by atoms with Crippen LogP contribution in [0, 0.1) is 20.8 Å². The van der Waals surface area contributed by atoms with Crippen molar-refractivity contribution in [2.75, 3.05) is 62.0 Å². The van der Waals surface area contributed by atoms with Crippen molar-refractivity contribution in [2.45, 2.75) is 187 Å². The number of carbonyl (C=O) groups is 3. The van der Waals surface area contributed by atoms with Crippen LogP contribution in [0.1, 0.15) is 177 Å². The standard InChI is InChI=1S/2C28H32N6O3.C28H32N6O2/c1-17-23-14-30-28(32-26(23)34(22-5-3-4-6-22)27(36)25(17)18(2)35)31-20-7-8-24-19(13-20)9-11-33(24)15-21-16-37-12-10-29-21;1-17-23-15-30-28(32-26(23)34(21-5-3-4-6-21)27(36)25(17)18(2)35)31-20-7-8-24-19(13-20)9-11-33(24)16-22-14-29-10-12-37-22;1-17-23-15-30-28(32-26(23)34(22-7-3-4-8-22)27(36)25(17)18(2)35)31-20-9-10-24-19(14-20)11-13-33(24)16-21-6-5-12-29-21/h7-9,11,13-14,21-22,29H,3-6,10,12,15-16H2,1-2H3,(H,30,31,32);7-9,11,13,15,21-22,29H,3-6,10,12,14,16H2,1-2H3,(H,30,31,32);9-11,13-15,21-22,29H,3-8,12,16H2,1-2H3,(H,30,31,32). The quantitative estimate of drug-likeness (QED) is 0.0435. The molecule has 0 radical (unpaired) electrons. The predicted molar refractivity (Wildman–Crippen MR) is 430 cm³/mol. The highest BCUT2D eigenvalue weighted by Crippen LogP contribution is 2.37. The third kappa shape index (κ3) is 14.9. The van der Waals surface area contributed by atoms with Crippen LogP contribution in [0.4, 0.5) is 34.9 Å². The molecular weight excluding hydrogens is 1390 g/mol. The van der Waals surface area contributed by atoms with Crippen LogP contribution in [0.3, 0.4) is 0 Å². The Morgan fingerprint density at radius 1 is 0.455 bits per heavy atom. The lowest BCUT2D eigenvalue weighted by Crippen LogP contribution is -2.43. The van der Waals surface area contributed by atoms with Gasteiger partial charge in [0.25, 0.3) is 16.7 Å². The molecule has 3 saturated carbocycles. The minimum Gasteiger partial charge on any atom is -0.378 e. The average molecular weight is 1490 g/mol. The summed E-state index contributed by atoms with van der Waals surface area (Å²) in [6.07, 6.45) is 26.1. The fourth-order valence-electron chi connectivity index (χ4n) is 17.7. The molecule has 570 valence electrons. The van der Waals surface area contributed by atoms with E-state index in [-0.39, 0.29) is 74.9 Å². The van der Waals surface area contributed by atoms with E-state index in [0.717, 1.165) is 203 Å². The van der Waals surface area contributed by atoms with Gasteiger partial charge in [0.1, 0.15) is 16.9 Å². The van der Waals surface area contributed by atoms with Crippen molar-refractivity contribution >= 4 is 118 Å². The van der Waals surface area contributed by atoms with Crippen molar-refractivity contribution in [3.8, 4) is 0 Å². The van der Waals surface area contributed by atoms with Gasteiger partial charge in [-0.25, -0.2) is 15.0 Å². The van der Waals surface area contributed by atoms with E-state index in [1.54, 1.807) is 32.3 Å². The fraction of sp³-hybridized carbons (Fsp3) is 0.429. The Morgan fingerprint density at radius 2 is 0.836 bits per heavy atom. The third-order valence-corrected chi connectivity index (χ3v) is 23.2. The van der Waals surface area contributed by atoms with Crippen LogP contribution in [-0.4, -0.2) is 139 Å². The Hall–Kier alpha value is -10.6. The Morgan fingerprint density at radius 3 is 1.18 bits per heavy atom. The number of carbonyl (C=O) groups excluding carboxylic acids is 3. The Balaban J connectivity index is 0.000000125. The molecule has 110 heavy (non-hydrogen) atoms. The van der Waals surface area contributed by atoms with E-state index in [4.69, 9.17) is 24.4 Å². The number of anilines is 6. The van der Waals surface area contributed by atoms with Gasteiger partial charge in [-0.2, -0.15) is 15.0 Å². The van der Waals surface area contributed by atoms with Gasteiger partial charge in [0.05, 0.1) is 49.2 Å². The van der Waals surface area contributed by atoms with Gasteiger partial charge in [0.15, 0.2) is 17.3 Å². The lowest BCUT2D eigenvalue weighted by molar-refractivity contribution is 0.0189. The molecule has 26 nitrogen and oxygen atoms in total. The molecule has 3 aliphatic carbocycles. The second-order valence-electron chi connectivity index (χ2n) is 30.6. The van der Waals surface area contributed by atoms with Gasteiger partial charge in [-0.15, -0.1) is 0 Å². The maximum atomic E-state index is 13.4. The summed E-state index contributed by atoms with van der Waals surface area (Å²) in [4.78, 5) is 105. The SMILES string of the molecule is CC(=O)c1c(C)c2cnc(Nc3ccc4c(ccn4CC4CCCN4)c3)nc2n(C2CCCC2)c1=O.CC(=O)c1c(C)c2cnc(Nc3ccc4c(ccn4CC4CNCCO4)c3)nc2n(C2CCCC2)c1=O.CC(=O)c1c(C)c2cnc(Nc3ccc4c(ccn4CC4COCCN4)c3)nc2n(C2CCCC2)c1=O. The highest BCUT2D eigenvalue weighted by Gasteiger charge is 2.31. The van der Waals surface area contributed by atoms with Gasteiger partial charge in [-0.05, 0) is 189 Å². The Labute approximate surface area is 635 Å². The number of aryl methyl sites for hydroxylation is 3. The second kappa shape index (κ2) is 31.8. The molecule has 3 atom stereocenters. The summed E-state index contributed by atoms with van der Waals surface area (Å²) in [6.45, 7) is 18.4. The van der Waals surface area contributed by atoms with E-state index in [2.05, 4.69) is 134 Å². The van der Waals surface area contributed by atoms with Crippen LogP contribution >= 0.6 is 0 Å². The first-order valence-electron chi connectivity index (χ1n) is 39.2. The molecule has 6 fully saturated rings. The van der Waals surface area contributed by atoms with Crippen LogP contribution in [-0.2, 0) is 29.1 Å². The summed E-state index contributed by atoms with van der Waals surface area (Å²) in [5, 5.41) is 26.1. The number of pyridine rings is 3. The molecule has 3 aliphatic heterocycles. The number of nitrogens with zero attached hydrogens (tertiary/aromatic N) is 12. The molecule has 3 aromatic carbocycles. The summed E-state index contributed by atoms with van der Waals surface area (Å²) in [7, 11) is 0. The summed E-state index contributed by atoms with van der Waals surface area (Å²) in [5.41, 5.74) is 9.88. The average Bonchev–Trinajstić information content (AvgIpc) is 0.893. The zero-order valence-electron chi connectivity index (χ0n) is 63.5. The van der Waals surface area contributed by atoms with Gasteiger partial charge in [-0.3, -0.25) is 42.5 Å². The maximum absolute atomic E-state index is 13.4. The molecule has 0 spiro atoms. The lowest BCUT2D eigenvalue weighted by Gasteiger charge is -2.24. The van der Waals surface area contributed by atoms with E-state index in [1.165, 1.54) is 39.1 Å². The first-order chi connectivity index (χ1) is 53.5. The van der Waals surface area contributed by atoms with Crippen molar-refractivity contribution in [1.82, 2.24) is 73.3 Å². The first-order valence-corrected chi connectivity index (χ1v) is 39.2. The van der Waals surface area contributed by atoms with Crippen LogP contribution in [0.15, 0.2) is 124 Å². The number of benzene rings is 3. The first kappa shape index (κ1) is 73.5. The third-order valence-electron chi connectivity index (χ3n) is 23.2. The molecule has 18 rings (SSSR count). The molecule has 6 aliphatic rings. The molecule has 12 aromatic rings. The maximum Gasteiger partial charge on any atom is 0.263 e. The van der Waals surface area contributed by atoms with Crippen molar-refractivity contribution in [1.29, 1.82) is 0 Å². The van der Waals surface area contributed by atoms with Crippen molar-refractivity contribution in [2.24, 2.45) is 0 Å². The molecule has 26 heteroatoms. The van der Waals surface area contributed by atoms with E-state index < -0.39 is 0 Å². The normalized spacial score (nSPS) is 18.5. The van der Waals surface area contributed by atoms with Crippen molar-refractivity contribution < 1.29 is 23.9 Å². The summed E-state index contributed by atoms with van der Waals surface area (Å²) in [6, 6.07) is 26.0. The number of ketones is 3. The monoisotopic (exact) mass is 1480 g/mol. The topological polar surface area (TPSA) is 300 Å². The zero-order valence-corrected chi connectivity index (χ0v) is 63.5. The number of rotatable bonds is 18. The molecule has 12 heterocycles. The largest absolute Gasteiger partial charge is 0.378 e. The van der Waals surface area contributed by atoms with Crippen LogP contribution in [0.5, 0.6) is 0 Å².